The largest absolute Gasteiger partial charge is 0.462 e. The molecule has 2 aromatic rings. The zero-order chi connectivity index (χ0) is 22.8. The first-order chi connectivity index (χ1) is 14.6. The van der Waals surface area contributed by atoms with E-state index in [-0.39, 0.29) is 23.9 Å². The fourth-order valence-electron chi connectivity index (χ4n) is 3.81. The number of hydrogen-bond donors (Lipinski definition) is 1. The van der Waals surface area contributed by atoms with Gasteiger partial charge in [-0.2, -0.15) is 0 Å². The summed E-state index contributed by atoms with van der Waals surface area (Å²) in [6.07, 6.45) is 5.67. The molecule has 31 heavy (non-hydrogen) atoms. The highest BCUT2D eigenvalue weighted by atomic mass is 35.5. The molecule has 7 heteroatoms. The second kappa shape index (κ2) is 9.76. The quantitative estimate of drug-likeness (QED) is 0.369. The van der Waals surface area contributed by atoms with Crippen molar-refractivity contribution in [3.8, 4) is 0 Å². The van der Waals surface area contributed by atoms with E-state index in [1.807, 2.05) is 0 Å². The van der Waals surface area contributed by atoms with Crippen molar-refractivity contribution in [1.82, 2.24) is 0 Å². The first-order valence-corrected chi connectivity index (χ1v) is 11.9. The van der Waals surface area contributed by atoms with Crippen molar-refractivity contribution in [2.45, 2.75) is 47.0 Å². The van der Waals surface area contributed by atoms with E-state index in [1.165, 1.54) is 17.4 Å². The summed E-state index contributed by atoms with van der Waals surface area (Å²) < 4.78 is 5.29. The van der Waals surface area contributed by atoms with E-state index in [1.54, 1.807) is 31.2 Å². The van der Waals surface area contributed by atoms with Crippen LogP contribution in [0.3, 0.4) is 0 Å². The van der Waals surface area contributed by atoms with Gasteiger partial charge in [-0.05, 0) is 61.3 Å². The van der Waals surface area contributed by atoms with Crippen molar-refractivity contribution in [3.05, 3.63) is 55.9 Å². The van der Waals surface area contributed by atoms with E-state index in [9.17, 15) is 9.59 Å². The van der Waals surface area contributed by atoms with Crippen LogP contribution in [0.2, 0.25) is 10.0 Å². The highest BCUT2D eigenvalue weighted by Crippen LogP contribution is 2.44. The van der Waals surface area contributed by atoms with Gasteiger partial charge in [-0.3, -0.25) is 4.79 Å². The highest BCUT2D eigenvalue weighted by molar-refractivity contribution is 7.17. The molecular weight excluding hydrogens is 453 g/mol. The van der Waals surface area contributed by atoms with E-state index >= 15 is 0 Å². The summed E-state index contributed by atoms with van der Waals surface area (Å²) in [5, 5.41) is 4.34. The number of carbonyl (C=O) groups excluding carboxylic acids is 2. The minimum atomic E-state index is -0.386. The second-order valence-corrected chi connectivity index (χ2v) is 10.6. The Labute approximate surface area is 197 Å². The molecule has 0 aliphatic heterocycles. The summed E-state index contributed by atoms with van der Waals surface area (Å²) in [6.45, 7) is 8.80. The third-order valence-corrected chi connectivity index (χ3v) is 7.44. The Bertz CT molecular complexity index is 1000. The maximum Gasteiger partial charge on any atom is 0.341 e. The van der Waals surface area contributed by atoms with Gasteiger partial charge in [0.15, 0.2) is 0 Å². The molecule has 0 bridgehead atoms. The number of thiophene rings is 1. The Morgan fingerprint density at radius 2 is 1.94 bits per heavy atom. The lowest BCUT2D eigenvalue weighted by Crippen LogP contribution is -2.26. The zero-order valence-corrected chi connectivity index (χ0v) is 20.5. The van der Waals surface area contributed by atoms with Crippen molar-refractivity contribution in [2.75, 3.05) is 11.9 Å². The van der Waals surface area contributed by atoms with Crippen molar-refractivity contribution < 1.29 is 14.3 Å². The lowest BCUT2D eigenvalue weighted by atomic mass is 9.72. The van der Waals surface area contributed by atoms with Gasteiger partial charge in [0, 0.05) is 26.6 Å². The van der Waals surface area contributed by atoms with Gasteiger partial charge in [0.25, 0.3) is 0 Å². The molecule has 1 aromatic heterocycles. The van der Waals surface area contributed by atoms with Crippen LogP contribution in [0.15, 0.2) is 24.3 Å². The van der Waals surface area contributed by atoms with Crippen LogP contribution in [-0.4, -0.2) is 18.5 Å². The van der Waals surface area contributed by atoms with Crippen molar-refractivity contribution in [1.29, 1.82) is 0 Å². The molecule has 1 aliphatic rings. The molecule has 1 amide bonds. The first-order valence-electron chi connectivity index (χ1n) is 10.4. The zero-order valence-electron chi connectivity index (χ0n) is 18.2. The molecule has 1 heterocycles. The molecule has 1 N–H and O–H groups in total. The SMILES string of the molecule is CCOC(=O)c1c(NC(=O)C=Cc2c(Cl)cccc2Cl)sc2c1CCC(C(C)(C)C)C2. The van der Waals surface area contributed by atoms with E-state index < -0.39 is 0 Å². The standard InChI is InChI=1S/C24H27Cl2NO3S/c1-5-30-23(29)21-16-10-9-14(24(2,3)4)13-19(16)31-22(21)27-20(28)12-11-15-17(25)7-6-8-18(15)26/h6-8,11-12,14H,5,9-10,13H2,1-4H3,(H,27,28). The Kier molecular flexibility index (Phi) is 7.51. The Morgan fingerprint density at radius 1 is 1.26 bits per heavy atom. The van der Waals surface area contributed by atoms with Gasteiger partial charge in [0.05, 0.1) is 12.2 Å². The summed E-state index contributed by atoms with van der Waals surface area (Å²) in [6, 6.07) is 5.17. The summed E-state index contributed by atoms with van der Waals surface area (Å²) >= 11 is 13.8. The molecule has 166 valence electrons. The fraction of sp³-hybridized carbons (Fsp3) is 0.417. The first kappa shape index (κ1) is 23.8. The molecule has 4 nitrogen and oxygen atoms in total. The fourth-order valence-corrected chi connectivity index (χ4v) is 5.66. The predicted octanol–water partition coefficient (Wildman–Crippen LogP) is 7.03. The normalized spacial score (nSPS) is 16.3. The number of anilines is 1. The Balaban J connectivity index is 1.88. The maximum atomic E-state index is 12.7. The number of carbonyl (C=O) groups is 2. The summed E-state index contributed by atoms with van der Waals surface area (Å²) in [5.74, 6) is -0.213. The summed E-state index contributed by atoms with van der Waals surface area (Å²) in [5.41, 5.74) is 2.26. The number of esters is 1. The molecule has 0 saturated carbocycles. The van der Waals surface area contributed by atoms with Gasteiger partial charge in [0.2, 0.25) is 5.91 Å². The van der Waals surface area contributed by atoms with Crippen LogP contribution in [0.4, 0.5) is 5.00 Å². The van der Waals surface area contributed by atoms with Crippen molar-refractivity contribution >= 4 is 57.5 Å². The Morgan fingerprint density at radius 3 is 2.55 bits per heavy atom. The highest BCUT2D eigenvalue weighted by Gasteiger charge is 2.34. The topological polar surface area (TPSA) is 55.4 Å². The molecule has 0 radical (unpaired) electrons. The molecule has 3 rings (SSSR count). The van der Waals surface area contributed by atoms with Crippen LogP contribution in [0.5, 0.6) is 0 Å². The predicted molar refractivity (Wildman–Crippen MR) is 129 cm³/mol. The van der Waals surface area contributed by atoms with Gasteiger partial charge in [0.1, 0.15) is 5.00 Å². The lowest BCUT2D eigenvalue weighted by molar-refractivity contribution is -0.111. The molecule has 1 aromatic carbocycles. The minimum Gasteiger partial charge on any atom is -0.462 e. The van der Waals surface area contributed by atoms with E-state index in [2.05, 4.69) is 26.1 Å². The number of hydrogen-bond acceptors (Lipinski definition) is 4. The molecule has 1 atom stereocenters. The second-order valence-electron chi connectivity index (χ2n) is 8.69. The molecule has 0 spiro atoms. The lowest BCUT2D eigenvalue weighted by Gasteiger charge is -2.33. The van der Waals surface area contributed by atoms with Gasteiger partial charge >= 0.3 is 5.97 Å². The van der Waals surface area contributed by atoms with Crippen molar-refractivity contribution in [3.63, 3.8) is 0 Å². The van der Waals surface area contributed by atoms with Gasteiger partial charge < -0.3 is 10.1 Å². The van der Waals surface area contributed by atoms with Crippen LogP contribution in [0.25, 0.3) is 6.08 Å². The third-order valence-electron chi connectivity index (χ3n) is 5.61. The smallest absolute Gasteiger partial charge is 0.341 e. The average Bonchev–Trinajstić information content (AvgIpc) is 3.04. The molecule has 1 unspecified atom stereocenters. The molecular formula is C24H27Cl2NO3S. The number of fused-ring (bicyclic) bond motifs is 1. The maximum absolute atomic E-state index is 12.7. The van der Waals surface area contributed by atoms with Gasteiger partial charge in [-0.1, -0.05) is 50.0 Å². The average molecular weight is 480 g/mol. The Hall–Kier alpha value is -1.82. The monoisotopic (exact) mass is 479 g/mol. The van der Waals surface area contributed by atoms with E-state index in [4.69, 9.17) is 27.9 Å². The van der Waals surface area contributed by atoms with E-state index in [0.29, 0.717) is 32.1 Å². The van der Waals surface area contributed by atoms with Gasteiger partial charge in [-0.15, -0.1) is 11.3 Å². The number of halogens is 2. The van der Waals surface area contributed by atoms with E-state index in [0.717, 1.165) is 29.7 Å². The third kappa shape index (κ3) is 5.51. The van der Waals surface area contributed by atoms with Crippen molar-refractivity contribution in [2.24, 2.45) is 11.3 Å². The van der Waals surface area contributed by atoms with Crippen LogP contribution in [0.1, 0.15) is 60.5 Å². The van der Waals surface area contributed by atoms with Gasteiger partial charge in [-0.25, -0.2) is 4.79 Å². The number of nitrogens with one attached hydrogen (secondary N) is 1. The summed E-state index contributed by atoms with van der Waals surface area (Å²) in [4.78, 5) is 26.5. The van der Waals surface area contributed by atoms with Crippen LogP contribution in [0, 0.1) is 11.3 Å². The molecule has 1 aliphatic carbocycles. The number of rotatable bonds is 5. The molecule has 0 fully saturated rings. The number of ether oxygens (including phenoxy) is 1. The minimum absolute atomic E-state index is 0.187. The van der Waals surface area contributed by atoms with Crippen LogP contribution >= 0.6 is 34.5 Å². The molecule has 0 saturated heterocycles. The number of amides is 1. The summed E-state index contributed by atoms with van der Waals surface area (Å²) in [7, 11) is 0. The number of benzene rings is 1. The van der Waals surface area contributed by atoms with Crippen LogP contribution < -0.4 is 5.32 Å². The van der Waals surface area contributed by atoms with Crippen LogP contribution in [-0.2, 0) is 22.4 Å².